The van der Waals surface area contributed by atoms with E-state index in [0.717, 1.165) is 22.3 Å². The van der Waals surface area contributed by atoms with Gasteiger partial charge in [-0.15, -0.1) is 0 Å². The Labute approximate surface area is 186 Å². The van der Waals surface area contributed by atoms with Gasteiger partial charge in [0, 0.05) is 25.4 Å². The van der Waals surface area contributed by atoms with Crippen LogP contribution in [-0.4, -0.2) is 37.5 Å². The number of anilines is 1. The van der Waals surface area contributed by atoms with Gasteiger partial charge in [0.2, 0.25) is 0 Å². The maximum absolute atomic E-state index is 14.4. The van der Waals surface area contributed by atoms with Crippen molar-refractivity contribution in [1.29, 1.82) is 0 Å². The fourth-order valence-corrected chi connectivity index (χ4v) is 4.04. The summed E-state index contributed by atoms with van der Waals surface area (Å²) < 4.78 is 19.8. The van der Waals surface area contributed by atoms with E-state index in [4.69, 9.17) is 4.74 Å². The van der Waals surface area contributed by atoms with Crippen LogP contribution in [0.4, 0.5) is 10.2 Å². The number of carbonyl (C=O) groups excluding carboxylic acids is 2. The van der Waals surface area contributed by atoms with Gasteiger partial charge in [0.15, 0.2) is 11.6 Å². The molecule has 0 atom stereocenters. The molecule has 0 aliphatic carbocycles. The van der Waals surface area contributed by atoms with Crippen molar-refractivity contribution in [2.45, 2.75) is 19.8 Å². The number of methoxy groups -OCH3 is 1. The number of rotatable bonds is 5. The molecular weight excluding hydrogens is 409 g/mol. The molecule has 0 bridgehead atoms. The van der Waals surface area contributed by atoms with Gasteiger partial charge in [-0.2, -0.15) is 0 Å². The molecule has 2 heterocycles. The molecular formula is C25H24FN3O3. The van der Waals surface area contributed by atoms with Gasteiger partial charge in [0.25, 0.3) is 11.8 Å². The highest BCUT2D eigenvalue weighted by atomic mass is 19.1. The van der Waals surface area contributed by atoms with Crippen LogP contribution in [0.15, 0.2) is 48.7 Å². The first-order valence-electron chi connectivity index (χ1n) is 10.4. The topological polar surface area (TPSA) is 71.5 Å². The number of aryl methyl sites for hydroxylation is 1. The molecule has 6 nitrogen and oxygen atoms in total. The van der Waals surface area contributed by atoms with E-state index in [1.54, 1.807) is 36.4 Å². The second kappa shape index (κ2) is 8.78. The summed E-state index contributed by atoms with van der Waals surface area (Å²) >= 11 is 0. The van der Waals surface area contributed by atoms with Crippen molar-refractivity contribution in [3.8, 4) is 5.75 Å². The van der Waals surface area contributed by atoms with E-state index in [2.05, 4.69) is 10.3 Å². The van der Waals surface area contributed by atoms with Crippen LogP contribution in [0, 0.1) is 12.7 Å². The average molecular weight is 433 g/mol. The van der Waals surface area contributed by atoms with E-state index in [9.17, 15) is 14.0 Å². The minimum atomic E-state index is -0.568. The molecule has 4 rings (SSSR count). The molecule has 1 aliphatic rings. The Morgan fingerprint density at radius 3 is 2.78 bits per heavy atom. The van der Waals surface area contributed by atoms with Crippen molar-refractivity contribution in [3.63, 3.8) is 0 Å². The molecule has 0 spiro atoms. The minimum Gasteiger partial charge on any atom is -0.493 e. The first kappa shape index (κ1) is 21.5. The van der Waals surface area contributed by atoms with Gasteiger partial charge >= 0.3 is 0 Å². The van der Waals surface area contributed by atoms with Gasteiger partial charge in [-0.3, -0.25) is 14.5 Å². The van der Waals surface area contributed by atoms with Gasteiger partial charge in [-0.25, -0.2) is 9.37 Å². The maximum Gasteiger partial charge on any atom is 0.259 e. The van der Waals surface area contributed by atoms with Gasteiger partial charge in [-0.05, 0) is 72.4 Å². The number of fused-ring (bicyclic) bond motifs is 1. The van der Waals surface area contributed by atoms with Crippen LogP contribution in [0.3, 0.4) is 0 Å². The highest BCUT2D eigenvalue weighted by Gasteiger charge is 2.29. The fraction of sp³-hybridized carbons (Fsp3) is 0.240. The summed E-state index contributed by atoms with van der Waals surface area (Å²) in [7, 11) is 3.02. The largest absolute Gasteiger partial charge is 0.493 e. The standard InChI is InChI=1S/C25H24FN3O3/c1-15-11-17-8-10-29(23-22(32-3)5-4-9-28-23)25(31)20(17)14-18(15)12-16-6-7-19(21(26)13-16)24(30)27-2/h4-7,9,11,13-14H,8,10,12H2,1-3H3,(H,27,30). The highest BCUT2D eigenvalue weighted by Crippen LogP contribution is 2.31. The van der Waals surface area contributed by atoms with Crippen LogP contribution in [0.25, 0.3) is 0 Å². The summed E-state index contributed by atoms with van der Waals surface area (Å²) in [5.41, 5.74) is 4.31. The number of nitrogens with zero attached hydrogens (tertiary/aromatic N) is 2. The number of aromatic nitrogens is 1. The first-order chi connectivity index (χ1) is 15.4. The predicted octanol–water partition coefficient (Wildman–Crippen LogP) is 3.69. The molecule has 7 heteroatoms. The lowest BCUT2D eigenvalue weighted by atomic mass is 9.90. The monoisotopic (exact) mass is 433 g/mol. The summed E-state index contributed by atoms with van der Waals surface area (Å²) in [6.07, 6.45) is 2.79. The first-order valence-corrected chi connectivity index (χ1v) is 10.4. The van der Waals surface area contributed by atoms with E-state index < -0.39 is 11.7 Å². The third-order valence-corrected chi connectivity index (χ3v) is 5.77. The molecule has 1 aromatic heterocycles. The Morgan fingerprint density at radius 2 is 2.06 bits per heavy atom. The number of ether oxygens (including phenoxy) is 1. The zero-order chi connectivity index (χ0) is 22.8. The van der Waals surface area contributed by atoms with E-state index >= 15 is 0 Å². The van der Waals surface area contributed by atoms with Crippen molar-refractivity contribution < 1.29 is 18.7 Å². The number of nitrogens with one attached hydrogen (secondary N) is 1. The van der Waals surface area contributed by atoms with Crippen LogP contribution >= 0.6 is 0 Å². The van der Waals surface area contributed by atoms with Crippen LogP contribution < -0.4 is 15.0 Å². The number of benzene rings is 2. The number of hydrogen-bond donors (Lipinski definition) is 1. The quantitative estimate of drug-likeness (QED) is 0.666. The number of amides is 2. The molecule has 0 radical (unpaired) electrons. The third kappa shape index (κ3) is 3.93. The average Bonchev–Trinajstić information content (AvgIpc) is 2.80. The summed E-state index contributed by atoms with van der Waals surface area (Å²) in [6, 6.07) is 12.1. The molecule has 0 saturated carbocycles. The molecule has 1 N–H and O–H groups in total. The van der Waals surface area contributed by atoms with E-state index in [1.807, 2.05) is 19.1 Å². The summed E-state index contributed by atoms with van der Waals surface area (Å²) in [6.45, 7) is 2.51. The Bertz CT molecular complexity index is 1210. The van der Waals surface area contributed by atoms with Gasteiger partial charge < -0.3 is 10.1 Å². The smallest absolute Gasteiger partial charge is 0.259 e. The number of carbonyl (C=O) groups is 2. The predicted molar refractivity (Wildman–Crippen MR) is 120 cm³/mol. The Hall–Kier alpha value is -3.74. The van der Waals surface area contributed by atoms with Crippen molar-refractivity contribution >= 4 is 17.6 Å². The van der Waals surface area contributed by atoms with Crippen LogP contribution in [0.2, 0.25) is 0 Å². The molecule has 32 heavy (non-hydrogen) atoms. The molecule has 164 valence electrons. The lowest BCUT2D eigenvalue weighted by Crippen LogP contribution is -2.38. The van der Waals surface area contributed by atoms with Crippen molar-refractivity contribution in [2.75, 3.05) is 25.6 Å². The minimum absolute atomic E-state index is 0.00791. The molecule has 2 amide bonds. The number of hydrogen-bond acceptors (Lipinski definition) is 4. The molecule has 3 aromatic rings. The highest BCUT2D eigenvalue weighted by molar-refractivity contribution is 6.08. The van der Waals surface area contributed by atoms with Crippen molar-refractivity contribution in [1.82, 2.24) is 10.3 Å². The lowest BCUT2D eigenvalue weighted by molar-refractivity contribution is 0.0956. The Balaban J connectivity index is 1.65. The Morgan fingerprint density at radius 1 is 1.25 bits per heavy atom. The van der Waals surface area contributed by atoms with E-state index in [0.29, 0.717) is 36.5 Å². The second-order valence-corrected chi connectivity index (χ2v) is 7.74. The normalized spacial score (nSPS) is 13.0. The van der Waals surface area contributed by atoms with Crippen LogP contribution in [0.5, 0.6) is 5.75 Å². The van der Waals surface area contributed by atoms with Crippen molar-refractivity contribution in [3.05, 3.63) is 87.9 Å². The molecule has 0 saturated heterocycles. The van der Waals surface area contributed by atoms with Gasteiger partial charge in [0.05, 0.1) is 12.7 Å². The SMILES string of the molecule is CNC(=O)c1ccc(Cc2cc3c(cc2C)CCN(c2ncccc2OC)C3=O)cc1F. The van der Waals surface area contributed by atoms with Crippen LogP contribution in [-0.2, 0) is 12.8 Å². The summed E-state index contributed by atoms with van der Waals surface area (Å²) in [5.74, 6) is -0.120. The second-order valence-electron chi connectivity index (χ2n) is 7.74. The fourth-order valence-electron chi connectivity index (χ4n) is 4.04. The van der Waals surface area contributed by atoms with Crippen molar-refractivity contribution in [2.24, 2.45) is 0 Å². The maximum atomic E-state index is 14.4. The van der Waals surface area contributed by atoms with E-state index in [-0.39, 0.29) is 11.5 Å². The molecule has 0 fully saturated rings. The Kier molecular flexibility index (Phi) is 5.90. The molecule has 1 aliphatic heterocycles. The van der Waals surface area contributed by atoms with Gasteiger partial charge in [0.1, 0.15) is 5.82 Å². The van der Waals surface area contributed by atoms with Crippen LogP contribution in [0.1, 0.15) is 43.0 Å². The molecule has 0 unspecified atom stereocenters. The summed E-state index contributed by atoms with van der Waals surface area (Å²) in [4.78, 5) is 31.1. The zero-order valence-electron chi connectivity index (χ0n) is 18.2. The number of halogens is 1. The third-order valence-electron chi connectivity index (χ3n) is 5.77. The lowest BCUT2D eigenvalue weighted by Gasteiger charge is -2.29. The van der Waals surface area contributed by atoms with E-state index in [1.165, 1.54) is 19.2 Å². The number of pyridine rings is 1. The van der Waals surface area contributed by atoms with Gasteiger partial charge in [-0.1, -0.05) is 12.1 Å². The zero-order valence-corrected chi connectivity index (χ0v) is 18.2. The molecule has 2 aromatic carbocycles. The summed E-state index contributed by atoms with van der Waals surface area (Å²) in [5, 5.41) is 2.43.